The molecule has 1 aromatic carbocycles. The van der Waals surface area contributed by atoms with Crippen molar-refractivity contribution in [2.24, 2.45) is 0 Å². The number of aliphatic hydroxyl groups is 1. The molecule has 0 amide bonds. The van der Waals surface area contributed by atoms with Crippen LogP contribution in [0.15, 0.2) is 30.5 Å². The number of phosphoric acid groups is 1. The van der Waals surface area contributed by atoms with E-state index in [0.29, 0.717) is 22.9 Å². The molecule has 40 heavy (non-hydrogen) atoms. The molecule has 0 aliphatic carbocycles. The topological polar surface area (TPSA) is 190 Å². The molecule has 4 rings (SSSR count). The summed E-state index contributed by atoms with van der Waals surface area (Å²) in [5.74, 6) is 0.390. The molecule has 5 N–H and O–H groups in total. The lowest BCUT2D eigenvalue weighted by Crippen LogP contribution is -2.56. The lowest BCUT2D eigenvalue weighted by molar-refractivity contribution is -0.0490. The molecule has 0 saturated carbocycles. The summed E-state index contributed by atoms with van der Waals surface area (Å²) in [5.41, 5.74) is -0.706. The minimum absolute atomic E-state index is 0.00416. The highest BCUT2D eigenvalue weighted by Gasteiger charge is 2.42. The van der Waals surface area contributed by atoms with Gasteiger partial charge in [0.15, 0.2) is 40.9 Å². The second kappa shape index (κ2) is 11.3. The highest BCUT2D eigenvalue weighted by atomic mass is 31.2. The van der Waals surface area contributed by atoms with E-state index in [-0.39, 0.29) is 29.2 Å². The van der Waals surface area contributed by atoms with Gasteiger partial charge in [-0.1, -0.05) is 0 Å². The van der Waals surface area contributed by atoms with Crippen molar-refractivity contribution in [1.82, 2.24) is 15.0 Å². The van der Waals surface area contributed by atoms with E-state index in [4.69, 9.17) is 28.7 Å². The van der Waals surface area contributed by atoms with Gasteiger partial charge in [-0.15, -0.1) is 0 Å². The second-order valence-electron chi connectivity index (χ2n) is 8.87. The first-order valence-electron chi connectivity index (χ1n) is 11.6. The summed E-state index contributed by atoms with van der Waals surface area (Å²) in [6.45, 7) is 2.46. The van der Waals surface area contributed by atoms with E-state index in [0.717, 1.165) is 11.1 Å². The number of hydrogen-bond donors (Lipinski definition) is 5. The quantitative estimate of drug-likeness (QED) is 0.219. The number of rotatable bonds is 10. The number of anilines is 5. The van der Waals surface area contributed by atoms with Crippen molar-refractivity contribution < 1.29 is 47.3 Å². The van der Waals surface area contributed by atoms with Crippen LogP contribution >= 0.6 is 7.82 Å². The molecule has 3 heterocycles. The molecule has 0 radical (unpaired) electrons. The predicted molar refractivity (Wildman–Crippen MR) is 140 cm³/mol. The number of phosphoric ester groups is 1. The number of aliphatic hydroxyl groups excluding tert-OH is 1. The first-order chi connectivity index (χ1) is 18.8. The zero-order valence-corrected chi connectivity index (χ0v) is 23.0. The molecule has 15 nitrogen and oxygen atoms in total. The third-order valence-corrected chi connectivity index (χ3v) is 6.13. The maximum absolute atomic E-state index is 14.7. The van der Waals surface area contributed by atoms with Crippen molar-refractivity contribution in [1.29, 1.82) is 0 Å². The molecule has 0 fully saturated rings. The van der Waals surface area contributed by atoms with Gasteiger partial charge in [0.2, 0.25) is 11.7 Å². The number of nitrogens with zero attached hydrogens (tertiary/aromatic N) is 4. The molecule has 0 saturated heterocycles. The lowest BCUT2D eigenvalue weighted by atomic mass is 10.0. The summed E-state index contributed by atoms with van der Waals surface area (Å²) in [5, 5.41) is 16.4. The Morgan fingerprint density at radius 1 is 1.10 bits per heavy atom. The van der Waals surface area contributed by atoms with Crippen LogP contribution in [0.25, 0.3) is 0 Å². The van der Waals surface area contributed by atoms with E-state index in [1.165, 1.54) is 33.5 Å². The monoisotopic (exact) mass is 582 g/mol. The van der Waals surface area contributed by atoms with Crippen LogP contribution in [-0.2, 0) is 9.09 Å². The highest BCUT2D eigenvalue weighted by Crippen LogP contribution is 2.43. The molecule has 1 aliphatic rings. The Morgan fingerprint density at radius 3 is 2.38 bits per heavy atom. The first kappa shape index (κ1) is 29.0. The SMILES string of the molecule is COc1cc(Nc2ncc(F)c(Nc3ccc4c(n3)N(COP(=O)(O)O)C(O)C(C)(C)O4)n2)cc(OC)c1OC. The maximum atomic E-state index is 14.7. The van der Waals surface area contributed by atoms with E-state index in [1.54, 1.807) is 26.0 Å². The van der Waals surface area contributed by atoms with Crippen molar-refractivity contribution >= 4 is 36.9 Å². The van der Waals surface area contributed by atoms with Crippen LogP contribution in [-0.4, -0.2) is 69.7 Å². The van der Waals surface area contributed by atoms with Gasteiger partial charge in [-0.25, -0.2) is 18.9 Å². The highest BCUT2D eigenvalue weighted by molar-refractivity contribution is 7.46. The molecule has 216 valence electrons. The van der Waals surface area contributed by atoms with Crippen LogP contribution in [0, 0.1) is 5.82 Å². The van der Waals surface area contributed by atoms with Crippen LogP contribution in [0.4, 0.5) is 33.5 Å². The Balaban J connectivity index is 1.62. The summed E-state index contributed by atoms with van der Waals surface area (Å²) in [7, 11) is -0.464. The number of nitrogens with one attached hydrogen (secondary N) is 2. The van der Waals surface area contributed by atoms with Crippen molar-refractivity contribution in [3.8, 4) is 23.0 Å². The van der Waals surface area contributed by atoms with Gasteiger partial charge in [0.05, 0.1) is 27.5 Å². The fourth-order valence-electron chi connectivity index (χ4n) is 3.81. The molecular weight excluding hydrogens is 554 g/mol. The van der Waals surface area contributed by atoms with Gasteiger partial charge in [0.25, 0.3) is 0 Å². The Hall–Kier alpha value is -3.95. The van der Waals surface area contributed by atoms with E-state index < -0.39 is 32.2 Å². The van der Waals surface area contributed by atoms with Gasteiger partial charge in [-0.3, -0.25) is 4.52 Å². The molecule has 2 aromatic heterocycles. The number of methoxy groups -OCH3 is 3. The summed E-state index contributed by atoms with van der Waals surface area (Å²) < 4.78 is 52.3. The molecule has 1 unspecified atom stereocenters. The van der Waals surface area contributed by atoms with Crippen molar-refractivity contribution in [2.75, 3.05) is 43.6 Å². The Labute approximate surface area is 228 Å². The molecule has 1 atom stereocenters. The normalized spacial score (nSPS) is 16.0. The fraction of sp³-hybridized carbons (Fsp3) is 0.348. The maximum Gasteiger partial charge on any atom is 0.471 e. The number of hydrogen-bond acceptors (Lipinski definition) is 13. The number of pyridine rings is 1. The zero-order chi connectivity index (χ0) is 29.2. The smallest absolute Gasteiger partial charge is 0.471 e. The Bertz CT molecular complexity index is 1410. The largest absolute Gasteiger partial charge is 0.493 e. The molecule has 17 heteroatoms. The Kier molecular flexibility index (Phi) is 8.18. The van der Waals surface area contributed by atoms with Crippen LogP contribution in [0.2, 0.25) is 0 Å². The minimum atomic E-state index is -4.87. The fourth-order valence-corrected chi connectivity index (χ4v) is 4.08. The standard InChI is InChI=1S/C23H28FN6O9P/c1-23(2)21(31)30(11-38-40(32,33)34)20-14(39-23)6-7-17(28-20)27-19-13(24)10-25-22(29-19)26-12-8-15(35-3)18(37-5)16(9-12)36-4/h6-10,21,31H,11H2,1-5H3,(H2,32,33,34)(H2,25,26,27,28,29). The van der Waals surface area contributed by atoms with Crippen LogP contribution in [0.3, 0.4) is 0 Å². The summed E-state index contributed by atoms with van der Waals surface area (Å²) in [6.07, 6.45) is -0.441. The van der Waals surface area contributed by atoms with E-state index in [9.17, 15) is 14.1 Å². The van der Waals surface area contributed by atoms with Gasteiger partial charge in [-0.05, 0) is 26.0 Å². The third kappa shape index (κ3) is 6.26. The van der Waals surface area contributed by atoms with E-state index in [1.807, 2.05) is 0 Å². The number of aromatic nitrogens is 3. The van der Waals surface area contributed by atoms with Gasteiger partial charge < -0.3 is 49.4 Å². The van der Waals surface area contributed by atoms with Crippen LogP contribution in [0.1, 0.15) is 13.8 Å². The number of ether oxygens (including phenoxy) is 4. The van der Waals surface area contributed by atoms with Crippen molar-refractivity contribution in [3.63, 3.8) is 0 Å². The Morgan fingerprint density at radius 2 is 1.77 bits per heavy atom. The third-order valence-electron chi connectivity index (χ3n) is 5.68. The van der Waals surface area contributed by atoms with Gasteiger partial charge in [-0.2, -0.15) is 4.98 Å². The molecule has 3 aromatic rings. The average Bonchev–Trinajstić information content (AvgIpc) is 2.89. The summed E-state index contributed by atoms with van der Waals surface area (Å²) >= 11 is 0. The molecule has 0 spiro atoms. The predicted octanol–water partition coefficient (Wildman–Crippen LogP) is 2.89. The second-order valence-corrected chi connectivity index (χ2v) is 10.1. The first-order valence-corrected chi connectivity index (χ1v) is 13.1. The average molecular weight is 582 g/mol. The number of benzene rings is 1. The number of fused-ring (bicyclic) bond motifs is 1. The minimum Gasteiger partial charge on any atom is -0.493 e. The molecule has 1 aliphatic heterocycles. The zero-order valence-electron chi connectivity index (χ0n) is 22.1. The van der Waals surface area contributed by atoms with Gasteiger partial charge in [0.1, 0.15) is 18.1 Å². The van der Waals surface area contributed by atoms with Crippen molar-refractivity contribution in [3.05, 3.63) is 36.3 Å². The molecular formula is C23H28FN6O9P. The summed E-state index contributed by atoms with van der Waals surface area (Å²) in [6, 6.07) is 6.21. The van der Waals surface area contributed by atoms with Crippen LogP contribution < -0.4 is 34.5 Å². The van der Waals surface area contributed by atoms with Gasteiger partial charge in [0, 0.05) is 17.8 Å². The number of halogens is 1. The summed E-state index contributed by atoms with van der Waals surface area (Å²) in [4.78, 5) is 31.9. The van der Waals surface area contributed by atoms with Crippen LogP contribution in [0.5, 0.6) is 23.0 Å². The van der Waals surface area contributed by atoms with Crippen molar-refractivity contribution in [2.45, 2.75) is 25.7 Å². The lowest BCUT2D eigenvalue weighted by Gasteiger charge is -2.44. The molecule has 0 bridgehead atoms. The van der Waals surface area contributed by atoms with Gasteiger partial charge >= 0.3 is 7.82 Å². The van der Waals surface area contributed by atoms with E-state index in [2.05, 4.69) is 30.1 Å². The van der Waals surface area contributed by atoms with E-state index >= 15 is 0 Å².